The van der Waals surface area contributed by atoms with E-state index >= 15 is 0 Å². The molecule has 0 aliphatic rings. The molecule has 0 amide bonds. The van der Waals surface area contributed by atoms with E-state index in [1.165, 1.54) is 6.26 Å². The Hall–Kier alpha value is -1.03. The van der Waals surface area contributed by atoms with Crippen LogP contribution in [0.3, 0.4) is 0 Å². The summed E-state index contributed by atoms with van der Waals surface area (Å²) >= 11 is 0. The van der Waals surface area contributed by atoms with Crippen LogP contribution >= 0.6 is 0 Å². The van der Waals surface area contributed by atoms with Crippen LogP contribution < -0.4 is 5.32 Å². The van der Waals surface area contributed by atoms with Crippen LogP contribution in [0.15, 0.2) is 23.1 Å². The molecule has 4 heteroatoms. The Morgan fingerprint density at radius 2 is 1.83 bits per heavy atom. The van der Waals surface area contributed by atoms with E-state index in [2.05, 4.69) is 26.1 Å². The molecular weight excluding hydrogens is 246 g/mol. The smallest absolute Gasteiger partial charge is 0.175 e. The van der Waals surface area contributed by atoms with Gasteiger partial charge in [0.1, 0.15) is 0 Å². The van der Waals surface area contributed by atoms with Gasteiger partial charge in [0.25, 0.3) is 0 Å². The lowest BCUT2D eigenvalue weighted by Crippen LogP contribution is -2.13. The second kappa shape index (κ2) is 5.31. The Bertz CT molecular complexity index is 513. The van der Waals surface area contributed by atoms with Gasteiger partial charge in [-0.15, -0.1) is 0 Å². The maximum atomic E-state index is 11.5. The van der Waals surface area contributed by atoms with Gasteiger partial charge in [-0.1, -0.05) is 26.8 Å². The number of anilines is 1. The number of hydrogen-bond donors (Lipinski definition) is 1. The van der Waals surface area contributed by atoms with Crippen LogP contribution in [0.5, 0.6) is 0 Å². The molecule has 0 saturated carbocycles. The minimum Gasteiger partial charge on any atom is -0.385 e. The summed E-state index contributed by atoms with van der Waals surface area (Å²) in [5, 5.41) is 3.32. The second-order valence-electron chi connectivity index (χ2n) is 5.99. The lowest BCUT2D eigenvalue weighted by atomic mass is 9.92. The van der Waals surface area contributed by atoms with E-state index in [-0.39, 0.29) is 5.41 Å². The summed E-state index contributed by atoms with van der Waals surface area (Å²) in [4.78, 5) is 0.367. The van der Waals surface area contributed by atoms with E-state index in [0.717, 1.165) is 24.2 Å². The van der Waals surface area contributed by atoms with Crippen molar-refractivity contribution in [2.45, 2.75) is 39.0 Å². The SMILES string of the molecule is Cc1ccc(S(C)(=O)=O)cc1NCCC(C)(C)C. The highest BCUT2D eigenvalue weighted by atomic mass is 32.2. The van der Waals surface area contributed by atoms with E-state index < -0.39 is 9.84 Å². The lowest BCUT2D eigenvalue weighted by Gasteiger charge is -2.19. The lowest BCUT2D eigenvalue weighted by molar-refractivity contribution is 0.390. The van der Waals surface area contributed by atoms with Crippen LogP contribution in [-0.4, -0.2) is 21.2 Å². The van der Waals surface area contributed by atoms with Crippen molar-refractivity contribution in [2.75, 3.05) is 18.1 Å². The molecule has 18 heavy (non-hydrogen) atoms. The normalized spacial score (nSPS) is 12.5. The van der Waals surface area contributed by atoms with Crippen molar-refractivity contribution < 1.29 is 8.42 Å². The predicted molar refractivity (Wildman–Crippen MR) is 76.9 cm³/mol. The third-order valence-corrected chi connectivity index (χ3v) is 3.94. The maximum absolute atomic E-state index is 11.5. The molecule has 3 nitrogen and oxygen atoms in total. The fourth-order valence-electron chi connectivity index (χ4n) is 1.59. The van der Waals surface area contributed by atoms with Crippen molar-refractivity contribution in [1.82, 2.24) is 0 Å². The molecule has 0 aromatic heterocycles. The highest BCUT2D eigenvalue weighted by Crippen LogP contribution is 2.22. The van der Waals surface area contributed by atoms with Crippen LogP contribution in [0.1, 0.15) is 32.8 Å². The van der Waals surface area contributed by atoms with Crippen LogP contribution in [-0.2, 0) is 9.84 Å². The molecule has 1 N–H and O–H groups in total. The quantitative estimate of drug-likeness (QED) is 0.912. The van der Waals surface area contributed by atoms with Crippen LogP contribution in [0.25, 0.3) is 0 Å². The van der Waals surface area contributed by atoms with Gasteiger partial charge in [-0.05, 0) is 36.5 Å². The Balaban J connectivity index is 2.83. The third kappa shape index (κ3) is 4.69. The average molecular weight is 269 g/mol. The Morgan fingerprint density at radius 1 is 1.22 bits per heavy atom. The van der Waals surface area contributed by atoms with Crippen LogP contribution in [0.2, 0.25) is 0 Å². The minimum absolute atomic E-state index is 0.273. The molecule has 0 spiro atoms. The van der Waals surface area contributed by atoms with E-state index in [4.69, 9.17) is 0 Å². The largest absolute Gasteiger partial charge is 0.385 e. The molecule has 0 bridgehead atoms. The molecular formula is C14H23NO2S. The summed E-state index contributed by atoms with van der Waals surface area (Å²) < 4.78 is 23.0. The van der Waals surface area contributed by atoms with Gasteiger partial charge in [-0.2, -0.15) is 0 Å². The van der Waals surface area contributed by atoms with Gasteiger partial charge >= 0.3 is 0 Å². The van der Waals surface area contributed by atoms with Gasteiger partial charge in [0, 0.05) is 18.5 Å². The zero-order valence-electron chi connectivity index (χ0n) is 11.9. The van der Waals surface area contributed by atoms with Crippen molar-refractivity contribution in [3.05, 3.63) is 23.8 Å². The molecule has 102 valence electrons. The molecule has 0 saturated heterocycles. The van der Waals surface area contributed by atoms with Crippen LogP contribution in [0, 0.1) is 12.3 Å². The number of sulfone groups is 1. The third-order valence-electron chi connectivity index (χ3n) is 2.83. The van der Waals surface area contributed by atoms with Gasteiger partial charge in [-0.3, -0.25) is 0 Å². The number of benzene rings is 1. The average Bonchev–Trinajstić information content (AvgIpc) is 2.17. The van der Waals surface area contributed by atoms with Crippen molar-refractivity contribution in [3.63, 3.8) is 0 Å². The summed E-state index contributed by atoms with van der Waals surface area (Å²) in [6.07, 6.45) is 2.27. The van der Waals surface area contributed by atoms with E-state index in [1.54, 1.807) is 12.1 Å². The van der Waals surface area contributed by atoms with Crippen molar-refractivity contribution in [3.8, 4) is 0 Å². The predicted octanol–water partition coefficient (Wildman–Crippen LogP) is 3.25. The highest BCUT2D eigenvalue weighted by molar-refractivity contribution is 7.90. The maximum Gasteiger partial charge on any atom is 0.175 e. The van der Waals surface area contributed by atoms with Gasteiger partial charge < -0.3 is 5.32 Å². The van der Waals surface area contributed by atoms with Gasteiger partial charge in [0.05, 0.1) is 4.90 Å². The molecule has 0 atom stereocenters. The molecule has 1 aromatic carbocycles. The van der Waals surface area contributed by atoms with Crippen molar-refractivity contribution in [1.29, 1.82) is 0 Å². The molecule has 1 aromatic rings. The van der Waals surface area contributed by atoms with Crippen molar-refractivity contribution in [2.24, 2.45) is 5.41 Å². The highest BCUT2D eigenvalue weighted by Gasteiger charge is 2.11. The Kier molecular flexibility index (Phi) is 4.43. The van der Waals surface area contributed by atoms with Gasteiger partial charge in [0.2, 0.25) is 0 Å². The molecule has 0 radical (unpaired) electrons. The molecule has 0 fully saturated rings. The molecule has 0 heterocycles. The van der Waals surface area contributed by atoms with Crippen molar-refractivity contribution >= 4 is 15.5 Å². The first-order valence-electron chi connectivity index (χ1n) is 6.14. The monoisotopic (exact) mass is 269 g/mol. The topological polar surface area (TPSA) is 46.2 Å². The van der Waals surface area contributed by atoms with Gasteiger partial charge in [-0.25, -0.2) is 8.42 Å². The van der Waals surface area contributed by atoms with E-state index in [1.807, 2.05) is 13.0 Å². The van der Waals surface area contributed by atoms with Crippen LogP contribution in [0.4, 0.5) is 5.69 Å². The first-order valence-corrected chi connectivity index (χ1v) is 8.03. The first kappa shape index (κ1) is 15.0. The second-order valence-corrected chi connectivity index (χ2v) is 8.00. The molecule has 0 aliphatic heterocycles. The number of rotatable bonds is 4. The summed E-state index contributed by atoms with van der Waals surface area (Å²) in [7, 11) is -3.14. The Labute approximate surface area is 111 Å². The zero-order valence-corrected chi connectivity index (χ0v) is 12.7. The number of hydrogen-bond acceptors (Lipinski definition) is 3. The molecule has 0 unspecified atom stereocenters. The number of nitrogens with one attached hydrogen (secondary N) is 1. The standard InChI is InChI=1S/C14H23NO2S/c1-11-6-7-12(18(5,16)17)10-13(11)15-9-8-14(2,3)4/h6-7,10,15H,8-9H2,1-5H3. The summed E-state index contributed by atoms with van der Waals surface area (Å²) in [6, 6.07) is 5.21. The summed E-state index contributed by atoms with van der Waals surface area (Å²) in [5.41, 5.74) is 2.24. The van der Waals surface area contributed by atoms with E-state index in [0.29, 0.717) is 4.90 Å². The van der Waals surface area contributed by atoms with E-state index in [9.17, 15) is 8.42 Å². The fourth-order valence-corrected chi connectivity index (χ4v) is 2.24. The summed E-state index contributed by atoms with van der Waals surface area (Å²) in [5.74, 6) is 0. The zero-order chi connectivity index (χ0) is 14.0. The molecule has 0 aliphatic carbocycles. The van der Waals surface area contributed by atoms with Gasteiger partial charge in [0.15, 0.2) is 9.84 Å². The number of aryl methyl sites for hydroxylation is 1. The summed E-state index contributed by atoms with van der Waals surface area (Å²) in [6.45, 7) is 9.39. The minimum atomic E-state index is -3.14. The fraction of sp³-hybridized carbons (Fsp3) is 0.571. The Morgan fingerprint density at radius 3 is 2.33 bits per heavy atom. The first-order chi connectivity index (χ1) is 8.09. The molecule has 1 rings (SSSR count).